The maximum atomic E-state index is 11.6. The van der Waals surface area contributed by atoms with Crippen molar-refractivity contribution in [2.45, 2.75) is 25.6 Å². The predicted molar refractivity (Wildman–Crippen MR) is 50.3 cm³/mol. The zero-order chi connectivity index (χ0) is 10.2. The van der Waals surface area contributed by atoms with Crippen molar-refractivity contribution in [1.29, 1.82) is 0 Å². The standard InChI is InChI=1S/C9H18N2O2/c1-9(2)11(5)7(6-13-9)8(12)10(3)4/h7H,6H2,1-5H3/t7-/m1/s1. The van der Waals surface area contributed by atoms with Crippen LogP contribution >= 0.6 is 0 Å². The Balaban J connectivity index is 2.71. The number of rotatable bonds is 1. The number of carbonyl (C=O) groups excluding carboxylic acids is 1. The molecule has 76 valence electrons. The fourth-order valence-corrected chi connectivity index (χ4v) is 1.41. The molecule has 1 rings (SSSR count). The second kappa shape index (κ2) is 3.27. The largest absolute Gasteiger partial charge is 0.359 e. The summed E-state index contributed by atoms with van der Waals surface area (Å²) in [5, 5.41) is 0. The van der Waals surface area contributed by atoms with Crippen molar-refractivity contribution in [3.63, 3.8) is 0 Å². The zero-order valence-electron chi connectivity index (χ0n) is 9.00. The maximum absolute atomic E-state index is 11.6. The molecular weight excluding hydrogens is 168 g/mol. The Morgan fingerprint density at radius 2 is 2.08 bits per heavy atom. The average molecular weight is 186 g/mol. The lowest BCUT2D eigenvalue weighted by molar-refractivity contribution is -0.133. The fourth-order valence-electron chi connectivity index (χ4n) is 1.41. The summed E-state index contributed by atoms with van der Waals surface area (Å²) in [7, 11) is 5.45. The Kier molecular flexibility index (Phi) is 2.63. The molecule has 13 heavy (non-hydrogen) atoms. The van der Waals surface area contributed by atoms with E-state index in [1.165, 1.54) is 0 Å². The molecule has 0 aliphatic carbocycles. The molecule has 0 bridgehead atoms. The molecular formula is C9H18N2O2. The Morgan fingerprint density at radius 3 is 2.38 bits per heavy atom. The van der Waals surface area contributed by atoms with Crippen LogP contribution in [-0.2, 0) is 9.53 Å². The lowest BCUT2D eigenvalue weighted by atomic mass is 10.2. The first-order chi connectivity index (χ1) is 5.86. The van der Waals surface area contributed by atoms with Gasteiger partial charge in [-0.05, 0) is 20.9 Å². The molecule has 1 aliphatic rings. The highest BCUT2D eigenvalue weighted by Gasteiger charge is 2.41. The van der Waals surface area contributed by atoms with Gasteiger partial charge in [0.2, 0.25) is 5.91 Å². The summed E-state index contributed by atoms with van der Waals surface area (Å²) in [6.07, 6.45) is 0. The van der Waals surface area contributed by atoms with Gasteiger partial charge in [-0.25, -0.2) is 0 Å². The van der Waals surface area contributed by atoms with Gasteiger partial charge in [0.05, 0.1) is 6.61 Å². The Bertz CT molecular complexity index is 214. The molecule has 0 unspecified atom stereocenters. The fraction of sp³-hybridized carbons (Fsp3) is 0.889. The second-order valence-corrected chi connectivity index (χ2v) is 4.12. The van der Waals surface area contributed by atoms with Crippen molar-refractivity contribution in [3.8, 4) is 0 Å². The molecule has 0 N–H and O–H groups in total. The highest BCUT2D eigenvalue weighted by Crippen LogP contribution is 2.25. The normalized spacial score (nSPS) is 27.6. The number of ether oxygens (including phenoxy) is 1. The third-order valence-corrected chi connectivity index (χ3v) is 2.64. The molecule has 4 heteroatoms. The van der Waals surface area contributed by atoms with Crippen LogP contribution in [0.15, 0.2) is 0 Å². The van der Waals surface area contributed by atoms with Crippen molar-refractivity contribution in [2.24, 2.45) is 0 Å². The highest BCUT2D eigenvalue weighted by atomic mass is 16.5. The van der Waals surface area contributed by atoms with E-state index in [0.717, 1.165) is 0 Å². The van der Waals surface area contributed by atoms with Crippen LogP contribution in [-0.4, -0.2) is 55.2 Å². The van der Waals surface area contributed by atoms with Crippen molar-refractivity contribution in [1.82, 2.24) is 9.80 Å². The van der Waals surface area contributed by atoms with E-state index in [1.807, 2.05) is 25.8 Å². The summed E-state index contributed by atoms with van der Waals surface area (Å²) >= 11 is 0. The van der Waals surface area contributed by atoms with Crippen LogP contribution < -0.4 is 0 Å². The SMILES string of the molecule is CN(C)C(=O)[C@H]1COC(C)(C)N1C. The first-order valence-corrected chi connectivity index (χ1v) is 4.44. The Labute approximate surface area is 79.4 Å². The molecule has 1 saturated heterocycles. The molecule has 0 aromatic heterocycles. The van der Waals surface area contributed by atoms with Crippen molar-refractivity contribution in [3.05, 3.63) is 0 Å². The lowest BCUT2D eigenvalue weighted by Crippen LogP contribution is -2.47. The predicted octanol–water partition coefficient (Wildman–Crippen LogP) is 0.141. The summed E-state index contributed by atoms with van der Waals surface area (Å²) < 4.78 is 5.51. The molecule has 1 aliphatic heterocycles. The summed E-state index contributed by atoms with van der Waals surface area (Å²) in [6, 6.07) is -0.134. The van der Waals surface area contributed by atoms with Crippen LogP contribution in [0.25, 0.3) is 0 Å². The molecule has 1 atom stereocenters. The third kappa shape index (κ3) is 1.84. The van der Waals surface area contributed by atoms with Gasteiger partial charge in [-0.3, -0.25) is 9.69 Å². The molecule has 4 nitrogen and oxygen atoms in total. The van der Waals surface area contributed by atoms with Crippen LogP contribution in [0.5, 0.6) is 0 Å². The first kappa shape index (κ1) is 10.5. The molecule has 1 fully saturated rings. The number of likely N-dealkylation sites (N-methyl/N-ethyl adjacent to an activating group) is 2. The second-order valence-electron chi connectivity index (χ2n) is 4.12. The molecule has 0 aromatic carbocycles. The van der Waals surface area contributed by atoms with Gasteiger partial charge in [-0.15, -0.1) is 0 Å². The summed E-state index contributed by atoms with van der Waals surface area (Å²) in [4.78, 5) is 15.2. The van der Waals surface area contributed by atoms with Crippen molar-refractivity contribution >= 4 is 5.91 Å². The lowest BCUT2D eigenvalue weighted by Gasteiger charge is -2.29. The van der Waals surface area contributed by atoms with Crippen LogP contribution in [0.3, 0.4) is 0 Å². The van der Waals surface area contributed by atoms with E-state index in [0.29, 0.717) is 6.61 Å². The number of hydrogen-bond donors (Lipinski definition) is 0. The number of nitrogens with zero attached hydrogens (tertiary/aromatic N) is 2. The molecule has 0 radical (unpaired) electrons. The minimum Gasteiger partial charge on any atom is -0.359 e. The van der Waals surface area contributed by atoms with E-state index in [1.54, 1.807) is 19.0 Å². The van der Waals surface area contributed by atoms with E-state index in [2.05, 4.69) is 0 Å². The van der Waals surface area contributed by atoms with Gasteiger partial charge in [0, 0.05) is 14.1 Å². The summed E-state index contributed by atoms with van der Waals surface area (Å²) in [6.45, 7) is 4.42. The molecule has 0 spiro atoms. The van der Waals surface area contributed by atoms with Gasteiger partial charge in [-0.1, -0.05) is 0 Å². The number of hydrogen-bond acceptors (Lipinski definition) is 3. The topological polar surface area (TPSA) is 32.8 Å². The van der Waals surface area contributed by atoms with E-state index >= 15 is 0 Å². The summed E-state index contributed by atoms with van der Waals surface area (Å²) in [5.74, 6) is 0.105. The van der Waals surface area contributed by atoms with Crippen molar-refractivity contribution < 1.29 is 9.53 Å². The number of amides is 1. The van der Waals surface area contributed by atoms with Gasteiger partial charge in [0.15, 0.2) is 0 Å². The van der Waals surface area contributed by atoms with E-state index in [4.69, 9.17) is 4.74 Å². The van der Waals surface area contributed by atoms with Crippen LogP contribution in [0, 0.1) is 0 Å². The Hall–Kier alpha value is -0.610. The number of carbonyl (C=O) groups is 1. The van der Waals surface area contributed by atoms with Gasteiger partial charge in [0.25, 0.3) is 0 Å². The summed E-state index contributed by atoms with van der Waals surface area (Å²) in [5.41, 5.74) is -0.323. The van der Waals surface area contributed by atoms with Crippen LogP contribution in [0.2, 0.25) is 0 Å². The molecule has 0 aromatic rings. The average Bonchev–Trinajstić information content (AvgIpc) is 2.27. The highest BCUT2D eigenvalue weighted by molar-refractivity contribution is 5.81. The van der Waals surface area contributed by atoms with Crippen LogP contribution in [0.1, 0.15) is 13.8 Å². The van der Waals surface area contributed by atoms with Gasteiger partial charge >= 0.3 is 0 Å². The quantitative estimate of drug-likeness (QED) is 0.584. The van der Waals surface area contributed by atoms with Gasteiger partial charge in [0.1, 0.15) is 11.8 Å². The zero-order valence-corrected chi connectivity index (χ0v) is 9.00. The minimum atomic E-state index is -0.323. The first-order valence-electron chi connectivity index (χ1n) is 4.44. The maximum Gasteiger partial charge on any atom is 0.241 e. The minimum absolute atomic E-state index is 0.105. The Morgan fingerprint density at radius 1 is 1.54 bits per heavy atom. The van der Waals surface area contributed by atoms with E-state index in [-0.39, 0.29) is 17.7 Å². The smallest absolute Gasteiger partial charge is 0.241 e. The van der Waals surface area contributed by atoms with Gasteiger partial charge in [-0.2, -0.15) is 0 Å². The van der Waals surface area contributed by atoms with Crippen molar-refractivity contribution in [2.75, 3.05) is 27.7 Å². The van der Waals surface area contributed by atoms with E-state index < -0.39 is 0 Å². The molecule has 1 amide bonds. The monoisotopic (exact) mass is 186 g/mol. The van der Waals surface area contributed by atoms with Crippen LogP contribution in [0.4, 0.5) is 0 Å². The van der Waals surface area contributed by atoms with Gasteiger partial charge < -0.3 is 9.64 Å². The molecule has 1 heterocycles. The third-order valence-electron chi connectivity index (χ3n) is 2.64. The van der Waals surface area contributed by atoms with E-state index in [9.17, 15) is 4.79 Å². The molecule has 0 saturated carbocycles.